The average Bonchev–Trinajstić information content (AvgIpc) is 2.96. The summed E-state index contributed by atoms with van der Waals surface area (Å²) in [6.45, 7) is 2.35. The van der Waals surface area contributed by atoms with Crippen molar-refractivity contribution in [1.29, 1.82) is 0 Å². The molecule has 0 radical (unpaired) electrons. The Balaban J connectivity index is 1.86. The number of ether oxygens (including phenoxy) is 1. The number of halogens is 1. The molecule has 3 rings (SSSR count). The van der Waals surface area contributed by atoms with Gasteiger partial charge in [-0.3, -0.25) is 4.79 Å². The van der Waals surface area contributed by atoms with Gasteiger partial charge < -0.3 is 9.64 Å². The molecule has 2 fully saturated rings. The van der Waals surface area contributed by atoms with Crippen LogP contribution >= 0.6 is 23.4 Å². The fourth-order valence-corrected chi connectivity index (χ4v) is 4.80. The van der Waals surface area contributed by atoms with Gasteiger partial charge in [-0.05, 0) is 25.3 Å². The van der Waals surface area contributed by atoms with Crippen LogP contribution in [0, 0.1) is 5.92 Å². The fourth-order valence-electron chi connectivity index (χ4n) is 3.04. The molecule has 6 heteroatoms. The number of hydrogen-bond acceptors (Lipinski definition) is 4. The summed E-state index contributed by atoms with van der Waals surface area (Å²) in [6.07, 6.45) is 3.67. The molecule has 1 saturated carbocycles. The first-order chi connectivity index (χ1) is 11.6. The summed E-state index contributed by atoms with van der Waals surface area (Å²) in [5.74, 6) is 0.355. The summed E-state index contributed by atoms with van der Waals surface area (Å²) in [5, 5.41) is 0.412. The van der Waals surface area contributed by atoms with E-state index in [4.69, 9.17) is 16.3 Å². The molecule has 130 valence electrons. The number of rotatable bonds is 5. The second kappa shape index (κ2) is 7.79. The normalized spacial score (nSPS) is 23.8. The molecule has 1 aromatic carbocycles. The Morgan fingerprint density at radius 2 is 2.08 bits per heavy atom. The van der Waals surface area contributed by atoms with Gasteiger partial charge in [0, 0.05) is 22.3 Å². The van der Waals surface area contributed by atoms with Gasteiger partial charge in [-0.25, -0.2) is 4.79 Å². The Kier molecular flexibility index (Phi) is 5.72. The molecule has 0 aromatic heterocycles. The molecular weight excluding hydrogens is 346 g/mol. The summed E-state index contributed by atoms with van der Waals surface area (Å²) < 4.78 is 5.32. The minimum absolute atomic E-state index is 0.0372. The number of benzene rings is 1. The second-order valence-electron chi connectivity index (χ2n) is 6.26. The lowest BCUT2D eigenvalue weighted by Crippen LogP contribution is -2.47. The number of nitrogens with zero attached hydrogens (tertiary/aromatic N) is 1. The molecule has 2 aliphatic rings. The van der Waals surface area contributed by atoms with Crippen molar-refractivity contribution in [3.63, 3.8) is 0 Å². The molecule has 1 amide bonds. The maximum Gasteiger partial charge on any atom is 0.329 e. The van der Waals surface area contributed by atoms with E-state index in [-0.39, 0.29) is 23.2 Å². The highest BCUT2D eigenvalue weighted by Crippen LogP contribution is 2.46. The molecule has 1 saturated heterocycles. The zero-order chi connectivity index (χ0) is 17.1. The molecule has 1 aliphatic carbocycles. The Morgan fingerprint density at radius 3 is 2.71 bits per heavy atom. The van der Waals surface area contributed by atoms with Crippen molar-refractivity contribution in [3.05, 3.63) is 34.9 Å². The predicted octanol–water partition coefficient (Wildman–Crippen LogP) is 4.04. The highest BCUT2D eigenvalue weighted by atomic mass is 35.5. The van der Waals surface area contributed by atoms with Crippen LogP contribution < -0.4 is 0 Å². The zero-order valence-corrected chi connectivity index (χ0v) is 15.3. The second-order valence-corrected chi connectivity index (χ2v) is 7.78. The Hall–Kier alpha value is -1.20. The molecular formula is C18H22ClNO3S. The van der Waals surface area contributed by atoms with Crippen LogP contribution in [0.5, 0.6) is 0 Å². The van der Waals surface area contributed by atoms with E-state index in [2.05, 4.69) is 0 Å². The van der Waals surface area contributed by atoms with E-state index in [1.165, 1.54) is 0 Å². The molecule has 24 heavy (non-hydrogen) atoms. The van der Waals surface area contributed by atoms with Crippen LogP contribution in [0.15, 0.2) is 24.3 Å². The Bertz CT molecular complexity index is 620. The van der Waals surface area contributed by atoms with Gasteiger partial charge in [0.2, 0.25) is 5.91 Å². The minimum Gasteiger partial charge on any atom is -0.464 e. The van der Waals surface area contributed by atoms with E-state index < -0.39 is 6.04 Å². The summed E-state index contributed by atoms with van der Waals surface area (Å²) >= 11 is 7.93. The first-order valence-corrected chi connectivity index (χ1v) is 9.91. The van der Waals surface area contributed by atoms with E-state index in [1.807, 2.05) is 31.2 Å². The van der Waals surface area contributed by atoms with Crippen LogP contribution in [-0.2, 0) is 14.3 Å². The lowest BCUT2D eigenvalue weighted by atomic mass is 9.84. The van der Waals surface area contributed by atoms with Crippen LogP contribution in [-0.4, -0.2) is 35.2 Å². The molecule has 4 nitrogen and oxygen atoms in total. The maximum absolute atomic E-state index is 13.0. The van der Waals surface area contributed by atoms with Gasteiger partial charge >= 0.3 is 5.97 Å². The van der Waals surface area contributed by atoms with Gasteiger partial charge in [0.1, 0.15) is 11.4 Å². The third kappa shape index (κ3) is 3.42. The number of carbonyl (C=O) groups excluding carboxylic acids is 2. The quantitative estimate of drug-likeness (QED) is 0.737. The first kappa shape index (κ1) is 17.6. The number of esters is 1. The van der Waals surface area contributed by atoms with Crippen molar-refractivity contribution < 1.29 is 14.3 Å². The van der Waals surface area contributed by atoms with Gasteiger partial charge in [0.15, 0.2) is 0 Å². The highest BCUT2D eigenvalue weighted by Gasteiger charge is 2.46. The number of hydrogen-bond donors (Lipinski definition) is 0. The number of carbonyl (C=O) groups is 2. The molecule has 0 unspecified atom stereocenters. The van der Waals surface area contributed by atoms with Crippen LogP contribution in [0.1, 0.15) is 43.5 Å². The average molecular weight is 368 g/mol. The zero-order valence-electron chi connectivity index (χ0n) is 13.7. The monoisotopic (exact) mass is 367 g/mol. The Labute approximate surface area is 151 Å². The van der Waals surface area contributed by atoms with Gasteiger partial charge in [-0.1, -0.05) is 43.1 Å². The van der Waals surface area contributed by atoms with Crippen molar-refractivity contribution in [3.8, 4) is 0 Å². The third-order valence-electron chi connectivity index (χ3n) is 4.60. The van der Waals surface area contributed by atoms with Crippen molar-refractivity contribution in [1.82, 2.24) is 4.90 Å². The highest BCUT2D eigenvalue weighted by molar-refractivity contribution is 7.99. The molecule has 2 atom stereocenters. The van der Waals surface area contributed by atoms with Crippen molar-refractivity contribution >= 4 is 35.2 Å². The fraction of sp³-hybridized carbons (Fsp3) is 0.556. The summed E-state index contributed by atoms with van der Waals surface area (Å²) in [7, 11) is 0. The molecule has 1 aliphatic heterocycles. The van der Waals surface area contributed by atoms with Crippen LogP contribution in [0.2, 0.25) is 5.02 Å². The maximum atomic E-state index is 13.0. The molecule has 0 N–H and O–H groups in total. The van der Waals surface area contributed by atoms with E-state index in [9.17, 15) is 9.59 Å². The van der Waals surface area contributed by atoms with Gasteiger partial charge in [0.25, 0.3) is 0 Å². The van der Waals surface area contributed by atoms with Crippen molar-refractivity contribution in [2.75, 3.05) is 12.4 Å². The van der Waals surface area contributed by atoms with Crippen LogP contribution in [0.25, 0.3) is 0 Å². The van der Waals surface area contributed by atoms with Gasteiger partial charge in [0.05, 0.1) is 6.61 Å². The van der Waals surface area contributed by atoms with Gasteiger partial charge in [-0.15, -0.1) is 11.8 Å². The molecule has 0 spiro atoms. The third-order valence-corrected chi connectivity index (χ3v) is 6.25. The van der Waals surface area contributed by atoms with E-state index in [1.54, 1.807) is 16.7 Å². The summed E-state index contributed by atoms with van der Waals surface area (Å²) in [5.41, 5.74) is 0.891. The van der Waals surface area contributed by atoms with Crippen LogP contribution in [0.4, 0.5) is 0 Å². The standard InChI is InChI=1S/C18H22ClNO3S/c1-2-10-23-18(22)15-11-24-17(13-8-3-4-9-14(13)19)20(15)16(21)12-6-5-7-12/h3-4,8-9,12,15,17H,2,5-7,10-11H2,1H3/t15-,17+/m1/s1. The molecule has 1 aromatic rings. The predicted molar refractivity (Wildman–Crippen MR) is 95.9 cm³/mol. The number of amides is 1. The van der Waals surface area contributed by atoms with E-state index in [0.717, 1.165) is 31.2 Å². The largest absolute Gasteiger partial charge is 0.464 e. The molecule has 1 heterocycles. The minimum atomic E-state index is -0.518. The summed E-state index contributed by atoms with van der Waals surface area (Å²) in [6, 6.07) is 7.02. The topological polar surface area (TPSA) is 46.6 Å². The van der Waals surface area contributed by atoms with Crippen molar-refractivity contribution in [2.24, 2.45) is 5.92 Å². The van der Waals surface area contributed by atoms with E-state index in [0.29, 0.717) is 17.4 Å². The van der Waals surface area contributed by atoms with Crippen molar-refractivity contribution in [2.45, 2.75) is 44.0 Å². The first-order valence-electron chi connectivity index (χ1n) is 8.48. The smallest absolute Gasteiger partial charge is 0.329 e. The SMILES string of the molecule is CCCOC(=O)[C@H]1CS[C@@H](c2ccccc2Cl)N1C(=O)C1CCC1. The van der Waals surface area contributed by atoms with Crippen LogP contribution in [0.3, 0.4) is 0 Å². The molecule has 0 bridgehead atoms. The van der Waals surface area contributed by atoms with Gasteiger partial charge in [-0.2, -0.15) is 0 Å². The lowest BCUT2D eigenvalue weighted by Gasteiger charge is -2.35. The summed E-state index contributed by atoms with van der Waals surface area (Å²) in [4.78, 5) is 27.2. The number of thioether (sulfide) groups is 1. The van der Waals surface area contributed by atoms with E-state index >= 15 is 0 Å². The lowest BCUT2D eigenvalue weighted by molar-refractivity contribution is -0.156. The Morgan fingerprint density at radius 1 is 1.33 bits per heavy atom.